The largest absolute Gasteiger partial charge is 0.466 e. The summed E-state index contributed by atoms with van der Waals surface area (Å²) in [6, 6.07) is 0. The number of rotatable bonds is 5. The van der Waals surface area contributed by atoms with Crippen LogP contribution in [-0.2, 0) is 19.1 Å². The van der Waals surface area contributed by atoms with E-state index in [1.807, 2.05) is 26.0 Å². The van der Waals surface area contributed by atoms with Gasteiger partial charge in [-0.15, -0.1) is 0 Å². The van der Waals surface area contributed by atoms with Gasteiger partial charge in [0, 0.05) is 28.4 Å². The van der Waals surface area contributed by atoms with E-state index in [1.54, 1.807) is 13.0 Å². The first-order valence-electron chi connectivity index (χ1n) is 13.6. The van der Waals surface area contributed by atoms with Gasteiger partial charge in [-0.25, -0.2) is 4.79 Å². The molecule has 4 aliphatic rings. The van der Waals surface area contributed by atoms with Crippen molar-refractivity contribution < 1.29 is 24.2 Å². The quantitative estimate of drug-likeness (QED) is 0.386. The Morgan fingerprint density at radius 1 is 1.22 bits per heavy atom. The molecule has 4 aliphatic carbocycles. The van der Waals surface area contributed by atoms with E-state index >= 15 is 0 Å². The average Bonchev–Trinajstić information content (AvgIpc) is 3.00. The van der Waals surface area contributed by atoms with E-state index in [2.05, 4.69) is 27.7 Å². The summed E-state index contributed by atoms with van der Waals surface area (Å²) in [5.74, 6) is 0.323. The minimum absolute atomic E-state index is 0.00206. The van der Waals surface area contributed by atoms with Crippen molar-refractivity contribution in [2.75, 3.05) is 7.11 Å². The molecule has 1 fully saturated rings. The van der Waals surface area contributed by atoms with Gasteiger partial charge in [0.2, 0.25) is 0 Å². The second-order valence-electron chi connectivity index (χ2n) is 13.2. The molecule has 0 aromatic rings. The third-order valence-electron chi connectivity index (χ3n) is 11.0. The Labute approximate surface area is 216 Å². The Bertz CT molecular complexity index is 1080. The maximum atomic E-state index is 14.0. The molecule has 0 spiro atoms. The van der Waals surface area contributed by atoms with Crippen LogP contribution in [0, 0.1) is 39.4 Å². The lowest BCUT2D eigenvalue weighted by atomic mass is 9.44. The number of fused-ring (bicyclic) bond motifs is 4. The van der Waals surface area contributed by atoms with Gasteiger partial charge in [-0.1, -0.05) is 59.3 Å². The number of ether oxygens (including phenoxy) is 1. The predicted octanol–water partition coefficient (Wildman–Crippen LogP) is 5.77. The first-order valence-corrected chi connectivity index (χ1v) is 13.6. The van der Waals surface area contributed by atoms with Gasteiger partial charge in [-0.05, 0) is 73.7 Å². The minimum Gasteiger partial charge on any atom is -0.466 e. The monoisotopic (exact) mass is 496 g/mol. The Hall–Kier alpha value is -2.01. The predicted molar refractivity (Wildman–Crippen MR) is 140 cm³/mol. The summed E-state index contributed by atoms with van der Waals surface area (Å²) in [5.41, 5.74) is 1.21. The van der Waals surface area contributed by atoms with Crippen molar-refractivity contribution in [3.05, 3.63) is 34.9 Å². The summed E-state index contributed by atoms with van der Waals surface area (Å²) in [4.78, 5) is 38.5. The van der Waals surface area contributed by atoms with Crippen LogP contribution in [-0.4, -0.2) is 35.9 Å². The molecule has 0 radical (unpaired) electrons. The number of aliphatic hydroxyl groups is 1. The van der Waals surface area contributed by atoms with E-state index in [0.717, 1.165) is 31.3 Å². The Kier molecular flexibility index (Phi) is 6.60. The summed E-state index contributed by atoms with van der Waals surface area (Å²) < 4.78 is 4.80. The van der Waals surface area contributed by atoms with Crippen LogP contribution in [0.1, 0.15) is 87.0 Å². The highest BCUT2D eigenvalue weighted by molar-refractivity contribution is 6.02. The van der Waals surface area contributed by atoms with Crippen molar-refractivity contribution in [1.82, 2.24) is 0 Å². The van der Waals surface area contributed by atoms with Gasteiger partial charge in [0.1, 0.15) is 0 Å². The number of carbonyl (C=O) groups is 3. The van der Waals surface area contributed by atoms with Crippen LogP contribution >= 0.6 is 0 Å². The Morgan fingerprint density at radius 3 is 2.53 bits per heavy atom. The first kappa shape index (κ1) is 27.0. The average molecular weight is 497 g/mol. The second-order valence-corrected chi connectivity index (χ2v) is 13.2. The van der Waals surface area contributed by atoms with E-state index in [1.165, 1.54) is 12.7 Å². The zero-order valence-electron chi connectivity index (χ0n) is 23.4. The van der Waals surface area contributed by atoms with Crippen molar-refractivity contribution >= 4 is 17.5 Å². The van der Waals surface area contributed by atoms with Crippen LogP contribution in [0.15, 0.2) is 34.9 Å². The molecule has 0 unspecified atom stereocenters. The van der Waals surface area contributed by atoms with Gasteiger partial charge in [-0.3, -0.25) is 9.59 Å². The topological polar surface area (TPSA) is 80.7 Å². The molecule has 1 N–H and O–H groups in total. The molecule has 198 valence electrons. The van der Waals surface area contributed by atoms with Gasteiger partial charge in [0.05, 0.1) is 13.2 Å². The zero-order chi connectivity index (χ0) is 26.8. The zero-order valence-corrected chi connectivity index (χ0v) is 23.4. The normalized spacial score (nSPS) is 40.5. The fourth-order valence-corrected chi connectivity index (χ4v) is 8.95. The van der Waals surface area contributed by atoms with Crippen molar-refractivity contribution in [1.29, 1.82) is 0 Å². The Morgan fingerprint density at radius 2 is 1.89 bits per heavy atom. The Balaban J connectivity index is 1.70. The molecule has 36 heavy (non-hydrogen) atoms. The summed E-state index contributed by atoms with van der Waals surface area (Å²) in [5, 5.41) is 11.5. The van der Waals surface area contributed by atoms with Gasteiger partial charge >= 0.3 is 5.97 Å². The van der Waals surface area contributed by atoms with Gasteiger partial charge in [-0.2, -0.15) is 0 Å². The lowest BCUT2D eigenvalue weighted by Gasteiger charge is -2.58. The number of Topliss-reactive ketones (excluding diaryl/α,β-unsaturated/α-hetero) is 1. The third-order valence-corrected chi connectivity index (χ3v) is 11.0. The molecule has 0 aromatic heterocycles. The number of aliphatic hydroxyl groups excluding tert-OH is 1. The molecule has 4 rings (SSSR count). The van der Waals surface area contributed by atoms with E-state index < -0.39 is 16.9 Å². The maximum Gasteiger partial charge on any atom is 0.333 e. The number of allylic oxidation sites excluding steroid dienone is 5. The molecule has 0 amide bonds. The van der Waals surface area contributed by atoms with Gasteiger partial charge in [0.15, 0.2) is 11.6 Å². The number of hydrogen-bond acceptors (Lipinski definition) is 5. The molecule has 5 heteroatoms. The van der Waals surface area contributed by atoms with E-state index in [4.69, 9.17) is 4.74 Å². The molecular formula is C31H44O5. The van der Waals surface area contributed by atoms with Crippen LogP contribution in [0.2, 0.25) is 0 Å². The molecule has 0 saturated heterocycles. The summed E-state index contributed by atoms with van der Waals surface area (Å²) >= 11 is 0. The van der Waals surface area contributed by atoms with Crippen LogP contribution in [0.5, 0.6) is 0 Å². The van der Waals surface area contributed by atoms with E-state index in [-0.39, 0.29) is 46.1 Å². The van der Waals surface area contributed by atoms with Gasteiger partial charge in [0.25, 0.3) is 0 Å². The molecule has 0 bridgehead atoms. The fraction of sp³-hybridized carbons (Fsp3) is 0.710. The molecule has 1 saturated carbocycles. The number of hydrogen-bond donors (Lipinski definition) is 1. The van der Waals surface area contributed by atoms with Crippen LogP contribution in [0.3, 0.4) is 0 Å². The van der Waals surface area contributed by atoms with Crippen molar-refractivity contribution in [3.8, 4) is 0 Å². The van der Waals surface area contributed by atoms with Crippen molar-refractivity contribution in [3.63, 3.8) is 0 Å². The molecule has 0 aromatic carbocycles. The molecular weight excluding hydrogens is 452 g/mol. The lowest BCUT2D eigenvalue weighted by Crippen LogP contribution is -2.54. The van der Waals surface area contributed by atoms with Crippen molar-refractivity contribution in [2.24, 2.45) is 39.4 Å². The highest BCUT2D eigenvalue weighted by atomic mass is 16.5. The fourth-order valence-electron chi connectivity index (χ4n) is 8.95. The first-order chi connectivity index (χ1) is 16.6. The molecule has 5 nitrogen and oxygen atoms in total. The number of methoxy groups -OCH3 is 1. The summed E-state index contributed by atoms with van der Waals surface area (Å²) in [6.07, 6.45) is 9.49. The summed E-state index contributed by atoms with van der Waals surface area (Å²) in [7, 11) is 1.39. The SMILES string of the molecule is COC(=O)/C(C)=C\CC[C@@H](C)[C@H]1[C@@H](O)C[C@@]2(C)C3=C(C(=O)C[C@]12C)[C@@]1(C)C=CC(=O)C(C)(C)[C@@H]1CC3. The number of esters is 1. The number of ketones is 2. The number of carbonyl (C=O) groups excluding carboxylic acids is 3. The minimum atomic E-state index is -0.494. The lowest BCUT2D eigenvalue weighted by molar-refractivity contribution is -0.136. The highest BCUT2D eigenvalue weighted by Gasteiger charge is 2.67. The van der Waals surface area contributed by atoms with Crippen LogP contribution in [0.4, 0.5) is 0 Å². The van der Waals surface area contributed by atoms with Crippen LogP contribution in [0.25, 0.3) is 0 Å². The van der Waals surface area contributed by atoms with E-state index in [9.17, 15) is 19.5 Å². The molecule has 7 atom stereocenters. The van der Waals surface area contributed by atoms with Crippen molar-refractivity contribution in [2.45, 2.75) is 93.1 Å². The summed E-state index contributed by atoms with van der Waals surface area (Å²) in [6.45, 7) is 14.6. The molecule has 0 heterocycles. The smallest absolute Gasteiger partial charge is 0.333 e. The van der Waals surface area contributed by atoms with Gasteiger partial charge < -0.3 is 9.84 Å². The standard InChI is InChI=1S/C31H44O5/c1-18(10-9-11-19(2)27(35)36-8)25-21(32)16-30(6)20-12-13-23-28(3,4)24(34)14-15-29(23,5)26(20)22(33)17-31(25,30)7/h11,14-15,18,21,23,25,32H,9-10,12-13,16-17H2,1-8H3/b19-11-/t18-,21+,23+,25+,29+,30+,31-/m1/s1. The molecule has 0 aliphatic heterocycles. The third kappa shape index (κ3) is 3.63. The van der Waals surface area contributed by atoms with E-state index in [0.29, 0.717) is 18.4 Å². The highest BCUT2D eigenvalue weighted by Crippen LogP contribution is 2.71. The second kappa shape index (κ2) is 8.79. The maximum absolute atomic E-state index is 14.0. The van der Waals surface area contributed by atoms with Crippen LogP contribution < -0.4 is 0 Å².